The van der Waals surface area contributed by atoms with E-state index >= 15 is 0 Å². The molecule has 2 rings (SSSR count). The molecule has 1 fully saturated rings. The van der Waals surface area contributed by atoms with Gasteiger partial charge in [0.1, 0.15) is 6.61 Å². The van der Waals surface area contributed by atoms with Gasteiger partial charge in [-0.3, -0.25) is 0 Å². The molecule has 6 nitrogen and oxygen atoms in total. The maximum atomic E-state index is 14.1. The highest BCUT2D eigenvalue weighted by molar-refractivity contribution is 7.89. The lowest BCUT2D eigenvalue weighted by atomic mass is 10.1. The van der Waals surface area contributed by atoms with Crippen LogP contribution in [0.25, 0.3) is 0 Å². The summed E-state index contributed by atoms with van der Waals surface area (Å²) < 4.78 is 46.9. The number of likely N-dealkylation sites (tertiary alicyclic amines) is 1. The Morgan fingerprint density at radius 3 is 2.81 bits per heavy atom. The van der Waals surface area contributed by atoms with Crippen LogP contribution < -0.4 is 15.2 Å². The van der Waals surface area contributed by atoms with E-state index in [4.69, 9.17) is 10.5 Å². The SMILES string of the molecule is CC(NS(=O)(=O)CCCCCN)c1ccc(F)c(OC[C@@H]2CCCN2C)c1. The monoisotopic (exact) mass is 401 g/mol. The van der Waals surface area contributed by atoms with Crippen molar-refractivity contribution in [2.24, 2.45) is 5.73 Å². The van der Waals surface area contributed by atoms with E-state index in [9.17, 15) is 12.8 Å². The van der Waals surface area contributed by atoms with Crippen molar-refractivity contribution in [3.05, 3.63) is 29.6 Å². The van der Waals surface area contributed by atoms with Crippen LogP contribution in [0.3, 0.4) is 0 Å². The normalized spacial score (nSPS) is 19.3. The fourth-order valence-corrected chi connectivity index (χ4v) is 4.66. The summed E-state index contributed by atoms with van der Waals surface area (Å²) in [6, 6.07) is 4.34. The van der Waals surface area contributed by atoms with Gasteiger partial charge in [-0.15, -0.1) is 0 Å². The van der Waals surface area contributed by atoms with Gasteiger partial charge < -0.3 is 15.4 Å². The van der Waals surface area contributed by atoms with Gasteiger partial charge in [-0.1, -0.05) is 12.5 Å². The maximum Gasteiger partial charge on any atom is 0.212 e. The first-order chi connectivity index (χ1) is 12.8. The smallest absolute Gasteiger partial charge is 0.212 e. The molecule has 0 radical (unpaired) electrons. The molecule has 0 aliphatic carbocycles. The summed E-state index contributed by atoms with van der Waals surface area (Å²) >= 11 is 0. The highest BCUT2D eigenvalue weighted by atomic mass is 32.2. The molecule has 0 spiro atoms. The van der Waals surface area contributed by atoms with E-state index in [-0.39, 0.29) is 17.5 Å². The van der Waals surface area contributed by atoms with Crippen LogP contribution >= 0.6 is 0 Å². The quantitative estimate of drug-likeness (QED) is 0.556. The minimum atomic E-state index is -3.40. The topological polar surface area (TPSA) is 84.7 Å². The van der Waals surface area contributed by atoms with E-state index in [1.54, 1.807) is 19.1 Å². The Kier molecular flexibility index (Phi) is 8.47. The number of sulfonamides is 1. The second-order valence-corrected chi connectivity index (χ2v) is 9.16. The van der Waals surface area contributed by atoms with Crippen molar-refractivity contribution in [2.45, 2.75) is 51.1 Å². The lowest BCUT2D eigenvalue weighted by molar-refractivity contribution is 0.193. The Hall–Kier alpha value is -1.22. The van der Waals surface area contributed by atoms with Crippen LogP contribution in [0.4, 0.5) is 4.39 Å². The van der Waals surface area contributed by atoms with Gasteiger partial charge in [0, 0.05) is 12.1 Å². The molecule has 0 aromatic heterocycles. The summed E-state index contributed by atoms with van der Waals surface area (Å²) in [7, 11) is -1.36. The Bertz CT molecular complexity index is 699. The molecule has 1 saturated heterocycles. The second kappa shape index (κ2) is 10.4. The number of likely N-dealkylation sites (N-methyl/N-ethyl adjacent to an activating group) is 1. The summed E-state index contributed by atoms with van der Waals surface area (Å²) in [6.45, 7) is 3.77. The van der Waals surface area contributed by atoms with E-state index in [0.717, 1.165) is 32.2 Å². The van der Waals surface area contributed by atoms with Gasteiger partial charge in [-0.2, -0.15) is 0 Å². The lowest BCUT2D eigenvalue weighted by Gasteiger charge is -2.21. The van der Waals surface area contributed by atoms with Crippen LogP contribution in [-0.4, -0.2) is 51.9 Å². The third-order valence-electron chi connectivity index (χ3n) is 5.03. The molecule has 1 aliphatic heterocycles. The molecule has 1 heterocycles. The summed E-state index contributed by atoms with van der Waals surface area (Å²) in [5, 5.41) is 0. The van der Waals surface area contributed by atoms with Crippen LogP contribution in [0.1, 0.15) is 50.6 Å². The first kappa shape index (κ1) is 22.1. The third kappa shape index (κ3) is 7.03. The maximum absolute atomic E-state index is 14.1. The van der Waals surface area contributed by atoms with Gasteiger partial charge in [0.05, 0.1) is 5.75 Å². The van der Waals surface area contributed by atoms with Crippen molar-refractivity contribution in [1.82, 2.24) is 9.62 Å². The molecule has 1 aromatic carbocycles. The third-order valence-corrected chi connectivity index (χ3v) is 6.57. The molecule has 0 bridgehead atoms. The van der Waals surface area contributed by atoms with E-state index in [2.05, 4.69) is 9.62 Å². The van der Waals surface area contributed by atoms with Gasteiger partial charge in [-0.25, -0.2) is 17.5 Å². The molecule has 2 atom stereocenters. The Balaban J connectivity index is 1.94. The standard InChI is InChI=1S/C19H32FN3O3S/c1-15(22-27(24,25)12-5-3-4-10-21)16-8-9-18(20)19(13-16)26-14-17-7-6-11-23(17)2/h8-9,13,15,17,22H,3-7,10-12,14,21H2,1-2H3/t15?,17-/m0/s1. The summed E-state index contributed by atoms with van der Waals surface area (Å²) in [5.74, 6) is -0.200. The molecule has 27 heavy (non-hydrogen) atoms. The molecule has 1 unspecified atom stereocenters. The van der Waals surface area contributed by atoms with E-state index in [0.29, 0.717) is 25.1 Å². The second-order valence-electron chi connectivity index (χ2n) is 7.29. The zero-order valence-electron chi connectivity index (χ0n) is 16.3. The predicted molar refractivity (Wildman–Crippen MR) is 106 cm³/mol. The Labute approximate surface area is 162 Å². The number of rotatable bonds is 11. The molecule has 1 aromatic rings. The van der Waals surface area contributed by atoms with Gasteiger partial charge in [0.15, 0.2) is 11.6 Å². The van der Waals surface area contributed by atoms with E-state index < -0.39 is 21.9 Å². The Morgan fingerprint density at radius 2 is 2.15 bits per heavy atom. The minimum absolute atomic E-state index is 0.0654. The lowest BCUT2D eigenvalue weighted by Crippen LogP contribution is -2.31. The van der Waals surface area contributed by atoms with Crippen LogP contribution in [-0.2, 0) is 10.0 Å². The number of hydrogen-bond acceptors (Lipinski definition) is 5. The van der Waals surface area contributed by atoms with Crippen molar-refractivity contribution in [2.75, 3.05) is 32.5 Å². The molecule has 0 saturated carbocycles. The van der Waals surface area contributed by atoms with Gasteiger partial charge in [0.2, 0.25) is 10.0 Å². The highest BCUT2D eigenvalue weighted by Crippen LogP contribution is 2.25. The zero-order valence-corrected chi connectivity index (χ0v) is 17.1. The number of halogens is 1. The molecular weight excluding hydrogens is 369 g/mol. The number of ether oxygens (including phenoxy) is 1. The van der Waals surface area contributed by atoms with Gasteiger partial charge in [0.25, 0.3) is 0 Å². The minimum Gasteiger partial charge on any atom is -0.489 e. The number of nitrogens with zero attached hydrogens (tertiary/aromatic N) is 1. The number of hydrogen-bond donors (Lipinski definition) is 2. The van der Waals surface area contributed by atoms with E-state index in [1.165, 1.54) is 6.07 Å². The van der Waals surface area contributed by atoms with Crippen molar-refractivity contribution >= 4 is 10.0 Å². The summed E-state index contributed by atoms with van der Waals surface area (Å²) in [5.41, 5.74) is 6.10. The first-order valence-electron chi connectivity index (χ1n) is 9.65. The summed E-state index contributed by atoms with van der Waals surface area (Å²) in [4.78, 5) is 2.21. The average Bonchev–Trinajstić information content (AvgIpc) is 3.02. The fourth-order valence-electron chi connectivity index (χ4n) is 3.29. The molecular formula is C19H32FN3O3S. The largest absolute Gasteiger partial charge is 0.489 e. The molecule has 8 heteroatoms. The highest BCUT2D eigenvalue weighted by Gasteiger charge is 2.22. The zero-order chi connectivity index (χ0) is 19.9. The number of nitrogens with two attached hydrogens (primary N) is 1. The number of unbranched alkanes of at least 4 members (excludes halogenated alkanes) is 2. The van der Waals surface area contributed by atoms with Gasteiger partial charge in [-0.05, 0) is 70.4 Å². The van der Waals surface area contributed by atoms with Crippen LogP contribution in [0.2, 0.25) is 0 Å². The van der Waals surface area contributed by atoms with Crippen molar-refractivity contribution in [3.8, 4) is 5.75 Å². The van der Waals surface area contributed by atoms with Gasteiger partial charge >= 0.3 is 0 Å². The fraction of sp³-hybridized carbons (Fsp3) is 0.684. The van der Waals surface area contributed by atoms with E-state index in [1.807, 2.05) is 7.05 Å². The molecule has 3 N–H and O–H groups in total. The Morgan fingerprint density at radius 1 is 1.37 bits per heavy atom. The van der Waals surface area contributed by atoms with Crippen LogP contribution in [0, 0.1) is 5.82 Å². The number of benzene rings is 1. The van der Waals surface area contributed by atoms with Crippen LogP contribution in [0.15, 0.2) is 18.2 Å². The summed E-state index contributed by atoms with van der Waals surface area (Å²) in [6.07, 6.45) is 4.34. The number of nitrogens with one attached hydrogen (secondary N) is 1. The van der Waals surface area contributed by atoms with Crippen LogP contribution in [0.5, 0.6) is 5.75 Å². The average molecular weight is 402 g/mol. The van der Waals surface area contributed by atoms with Crippen molar-refractivity contribution < 1.29 is 17.5 Å². The van der Waals surface area contributed by atoms with Crippen molar-refractivity contribution in [3.63, 3.8) is 0 Å². The molecule has 1 aliphatic rings. The first-order valence-corrected chi connectivity index (χ1v) is 11.3. The predicted octanol–water partition coefficient (Wildman–Crippen LogP) is 2.41. The van der Waals surface area contributed by atoms with Crippen molar-refractivity contribution in [1.29, 1.82) is 0 Å². The molecule has 154 valence electrons. The molecule has 0 amide bonds.